The maximum atomic E-state index is 12.5. The van der Waals surface area contributed by atoms with E-state index in [0.29, 0.717) is 4.90 Å². The molecular formula is C16H18NNaO9S. The van der Waals surface area contributed by atoms with Gasteiger partial charge >= 0.3 is 41.5 Å². The van der Waals surface area contributed by atoms with Crippen LogP contribution in [0.1, 0.15) is 27.7 Å². The Labute approximate surface area is 183 Å². The number of hydrogen-bond acceptors (Lipinski definition) is 9. The van der Waals surface area contributed by atoms with E-state index in [1.807, 2.05) is 0 Å². The average molecular weight is 423 g/mol. The quantitative estimate of drug-likeness (QED) is 0.189. The molecule has 2 aliphatic rings. The molecule has 2 heterocycles. The molecule has 0 bridgehead atoms. The summed E-state index contributed by atoms with van der Waals surface area (Å²) in [6.07, 6.45) is 0.746. The van der Waals surface area contributed by atoms with Crippen molar-refractivity contribution in [3.63, 3.8) is 0 Å². The predicted molar refractivity (Wildman–Crippen MR) is 87.0 cm³/mol. The van der Waals surface area contributed by atoms with Crippen molar-refractivity contribution in [2.45, 2.75) is 38.7 Å². The second kappa shape index (κ2) is 8.36. The molecular weight excluding hydrogens is 405 g/mol. The smallest absolute Gasteiger partial charge is 0.543 e. The van der Waals surface area contributed by atoms with Crippen LogP contribution >= 0.6 is 0 Å². The summed E-state index contributed by atoms with van der Waals surface area (Å²) in [5.41, 5.74) is -2.22. The van der Waals surface area contributed by atoms with Crippen LogP contribution in [0.25, 0.3) is 0 Å². The van der Waals surface area contributed by atoms with Crippen molar-refractivity contribution in [3.8, 4) is 0 Å². The predicted octanol–water partition coefficient (Wildman–Crippen LogP) is -4.58. The standard InChI is InChI=1S/C16H19NO9S.Na/c1-8(18)25-6-9-7-27(23,24)14-10(5-11(19)26-16(2,3)4)13(20)17(14)12(9)15(21)22;/h5,14H,6-7H2,1-4H3,(H,21,22);/q;+1/p-1/b10-5+;/t14-;/m1./s1. The summed E-state index contributed by atoms with van der Waals surface area (Å²) >= 11 is 0. The Hall–Kier alpha value is -1.69. The minimum atomic E-state index is -4.07. The van der Waals surface area contributed by atoms with Gasteiger partial charge in [-0.05, 0) is 20.8 Å². The fourth-order valence-corrected chi connectivity index (χ4v) is 4.63. The molecule has 0 saturated carbocycles. The summed E-state index contributed by atoms with van der Waals surface area (Å²) < 4.78 is 34.7. The number of rotatable bonds is 4. The van der Waals surface area contributed by atoms with Crippen molar-refractivity contribution in [3.05, 3.63) is 22.9 Å². The number of amides is 1. The van der Waals surface area contributed by atoms with E-state index in [1.54, 1.807) is 20.8 Å². The van der Waals surface area contributed by atoms with Crippen molar-refractivity contribution in [1.82, 2.24) is 4.90 Å². The molecule has 0 aromatic carbocycles. The Morgan fingerprint density at radius 3 is 2.32 bits per heavy atom. The summed E-state index contributed by atoms with van der Waals surface area (Å²) in [5.74, 6) is -5.20. The fourth-order valence-electron chi connectivity index (χ4n) is 2.69. The number of ether oxygens (including phenoxy) is 2. The first-order chi connectivity index (χ1) is 12.2. The van der Waals surface area contributed by atoms with Crippen molar-refractivity contribution >= 4 is 33.7 Å². The number of hydrogen-bond donors (Lipinski definition) is 0. The summed E-state index contributed by atoms with van der Waals surface area (Å²) in [6.45, 7) is 5.23. The van der Waals surface area contributed by atoms with Crippen molar-refractivity contribution < 1.29 is 71.7 Å². The molecule has 10 nitrogen and oxygen atoms in total. The molecule has 0 aliphatic carbocycles. The molecule has 1 amide bonds. The van der Waals surface area contributed by atoms with Gasteiger partial charge in [-0.25, -0.2) is 13.2 Å². The number of carboxylic acids is 1. The maximum absolute atomic E-state index is 12.5. The van der Waals surface area contributed by atoms with Crippen LogP contribution in [-0.4, -0.2) is 60.5 Å². The number of nitrogens with zero attached hydrogens (tertiary/aromatic N) is 1. The molecule has 0 radical (unpaired) electrons. The van der Waals surface area contributed by atoms with Crippen molar-refractivity contribution in [2.75, 3.05) is 12.4 Å². The summed E-state index contributed by atoms with van der Waals surface area (Å²) in [4.78, 5) is 47.1. The topological polar surface area (TPSA) is 147 Å². The van der Waals surface area contributed by atoms with Gasteiger partial charge in [0.1, 0.15) is 12.2 Å². The molecule has 0 aromatic heterocycles. The molecule has 12 heteroatoms. The molecule has 1 saturated heterocycles. The average Bonchev–Trinajstić information content (AvgIpc) is 2.47. The van der Waals surface area contributed by atoms with E-state index >= 15 is 0 Å². The molecule has 1 atom stereocenters. The third kappa shape index (κ3) is 5.02. The number of esters is 2. The van der Waals surface area contributed by atoms with Gasteiger partial charge in [0.15, 0.2) is 15.2 Å². The third-order valence-electron chi connectivity index (χ3n) is 3.58. The molecule has 2 aliphatic heterocycles. The summed E-state index contributed by atoms with van der Waals surface area (Å²) in [5, 5.41) is 9.83. The van der Waals surface area contributed by atoms with Crippen LogP contribution in [-0.2, 0) is 38.5 Å². The minimum absolute atomic E-state index is 0. The second-order valence-corrected chi connectivity index (χ2v) is 9.05. The first kappa shape index (κ1) is 24.3. The van der Waals surface area contributed by atoms with Crippen LogP contribution in [0.3, 0.4) is 0 Å². The molecule has 1 fully saturated rings. The SMILES string of the molecule is CC(=O)OCC1=C(C(=O)[O-])N2C(=O)/C(=C\C(=O)OC(C)(C)C)[C@H]2S(=O)(=O)C1.[Na+]. The number of carbonyl (C=O) groups is 4. The Kier molecular flexibility index (Phi) is 7.27. The number of fused-ring (bicyclic) bond motifs is 1. The van der Waals surface area contributed by atoms with Crippen LogP contribution in [0, 0.1) is 0 Å². The summed E-state index contributed by atoms with van der Waals surface area (Å²) in [7, 11) is -4.07. The number of sulfone groups is 1. The zero-order valence-electron chi connectivity index (χ0n) is 16.1. The van der Waals surface area contributed by atoms with Gasteiger partial charge in [-0.2, -0.15) is 0 Å². The number of β-lactam (4-membered cyclic amide) rings is 1. The fraction of sp³-hybridized carbons (Fsp3) is 0.500. The largest absolute Gasteiger partial charge is 1.00 e. The van der Waals surface area contributed by atoms with E-state index < -0.39 is 68.3 Å². The third-order valence-corrected chi connectivity index (χ3v) is 5.48. The van der Waals surface area contributed by atoms with Gasteiger partial charge in [0.05, 0.1) is 23.0 Å². The van der Waals surface area contributed by atoms with E-state index in [0.717, 1.165) is 13.0 Å². The van der Waals surface area contributed by atoms with Crippen LogP contribution in [0.15, 0.2) is 22.9 Å². The van der Waals surface area contributed by atoms with Crippen LogP contribution < -0.4 is 34.7 Å². The maximum Gasteiger partial charge on any atom is 1.00 e. The molecule has 0 spiro atoms. The van der Waals surface area contributed by atoms with Gasteiger partial charge in [-0.3, -0.25) is 14.5 Å². The molecule has 2 rings (SSSR count). The second-order valence-electron chi connectivity index (χ2n) is 6.99. The van der Waals surface area contributed by atoms with Crippen molar-refractivity contribution in [2.24, 2.45) is 0 Å². The van der Waals surface area contributed by atoms with E-state index in [2.05, 4.69) is 4.74 Å². The summed E-state index contributed by atoms with van der Waals surface area (Å²) in [6, 6.07) is 0. The van der Waals surface area contributed by atoms with E-state index in [-0.39, 0.29) is 35.1 Å². The Morgan fingerprint density at radius 2 is 1.86 bits per heavy atom. The molecule has 0 N–H and O–H groups in total. The van der Waals surface area contributed by atoms with Gasteiger partial charge in [0.2, 0.25) is 0 Å². The number of carbonyl (C=O) groups excluding carboxylic acids is 4. The van der Waals surface area contributed by atoms with Gasteiger partial charge in [-0.15, -0.1) is 0 Å². The number of carboxylic acid groups (broad SMARTS) is 1. The molecule has 148 valence electrons. The van der Waals surface area contributed by atoms with Crippen molar-refractivity contribution in [1.29, 1.82) is 0 Å². The van der Waals surface area contributed by atoms with Crippen LogP contribution in [0.5, 0.6) is 0 Å². The van der Waals surface area contributed by atoms with Gasteiger partial charge in [-0.1, -0.05) is 0 Å². The zero-order chi connectivity index (χ0) is 20.7. The van der Waals surface area contributed by atoms with E-state index in [1.165, 1.54) is 0 Å². The monoisotopic (exact) mass is 423 g/mol. The Bertz CT molecular complexity index is 896. The number of aliphatic carboxylic acids is 1. The molecule has 28 heavy (non-hydrogen) atoms. The normalized spacial score (nSPS) is 22.0. The minimum Gasteiger partial charge on any atom is -0.543 e. The zero-order valence-corrected chi connectivity index (χ0v) is 18.9. The van der Waals surface area contributed by atoms with Gasteiger partial charge < -0.3 is 19.4 Å². The Balaban J connectivity index is 0.00000392. The van der Waals surface area contributed by atoms with Gasteiger partial charge in [0.25, 0.3) is 5.91 Å². The first-order valence-electron chi connectivity index (χ1n) is 7.81. The van der Waals surface area contributed by atoms with E-state index in [4.69, 9.17) is 4.74 Å². The van der Waals surface area contributed by atoms with Gasteiger partial charge in [0, 0.05) is 18.6 Å². The first-order valence-corrected chi connectivity index (χ1v) is 9.52. The van der Waals surface area contributed by atoms with Crippen LogP contribution in [0.4, 0.5) is 0 Å². The molecule has 0 unspecified atom stereocenters. The van der Waals surface area contributed by atoms with E-state index in [9.17, 15) is 32.7 Å². The Morgan fingerprint density at radius 1 is 1.29 bits per heavy atom. The van der Waals surface area contributed by atoms with Crippen LogP contribution in [0.2, 0.25) is 0 Å². The molecule has 0 aromatic rings.